The predicted molar refractivity (Wildman–Crippen MR) is 76.3 cm³/mol. The molecule has 0 aromatic heterocycles. The van der Waals surface area contributed by atoms with Gasteiger partial charge in [0.1, 0.15) is 0 Å². The van der Waals surface area contributed by atoms with Crippen molar-refractivity contribution in [2.75, 3.05) is 5.32 Å². The minimum Gasteiger partial charge on any atom is -0.360 e. The second-order valence-electron chi connectivity index (χ2n) is 3.38. The van der Waals surface area contributed by atoms with E-state index in [1.54, 1.807) is 0 Å². The number of rotatable bonds is 2. The zero-order chi connectivity index (χ0) is 11.4. The van der Waals surface area contributed by atoms with Crippen LogP contribution in [0.25, 0.3) is 0 Å². The molecule has 1 aromatic rings. The van der Waals surface area contributed by atoms with Gasteiger partial charge >= 0.3 is 0 Å². The summed E-state index contributed by atoms with van der Waals surface area (Å²) in [4.78, 5) is 0. The summed E-state index contributed by atoms with van der Waals surface area (Å²) in [6.45, 7) is 4.09. The zero-order valence-electron chi connectivity index (χ0n) is 8.47. The summed E-state index contributed by atoms with van der Waals surface area (Å²) in [5, 5.41) is 6.88. The molecular weight excluding hydrogens is 340 g/mol. The van der Waals surface area contributed by atoms with Gasteiger partial charge in [-0.05, 0) is 60.2 Å². The lowest BCUT2D eigenvalue weighted by atomic mass is 10.3. The molecule has 2 nitrogen and oxygen atoms in total. The quantitative estimate of drug-likeness (QED) is 0.790. The first-order chi connectivity index (χ1) is 6.99. The van der Waals surface area contributed by atoms with Crippen molar-refractivity contribution in [3.8, 4) is 0 Å². The molecule has 0 radical (unpaired) electrons. The third kappa shape index (κ3) is 4.49. The number of hydrogen-bond acceptors (Lipinski definition) is 1. The molecule has 2 N–H and O–H groups in total. The molecule has 0 bridgehead atoms. The van der Waals surface area contributed by atoms with Crippen LogP contribution in [-0.2, 0) is 0 Å². The van der Waals surface area contributed by atoms with Gasteiger partial charge in [-0.1, -0.05) is 15.9 Å². The van der Waals surface area contributed by atoms with Crippen LogP contribution in [0.1, 0.15) is 13.8 Å². The maximum absolute atomic E-state index is 5.16. The molecule has 0 amide bonds. The molecule has 15 heavy (non-hydrogen) atoms. The van der Waals surface area contributed by atoms with Crippen molar-refractivity contribution in [2.24, 2.45) is 0 Å². The third-order valence-electron chi connectivity index (χ3n) is 1.60. The van der Waals surface area contributed by atoms with Gasteiger partial charge in [0.15, 0.2) is 5.11 Å². The molecule has 0 unspecified atom stereocenters. The van der Waals surface area contributed by atoms with Gasteiger partial charge in [-0.25, -0.2) is 0 Å². The van der Waals surface area contributed by atoms with Crippen LogP contribution in [0.4, 0.5) is 5.69 Å². The van der Waals surface area contributed by atoms with Gasteiger partial charge in [0, 0.05) is 15.0 Å². The minimum atomic E-state index is 0.330. The summed E-state index contributed by atoms with van der Waals surface area (Å²) >= 11 is 12.0. The van der Waals surface area contributed by atoms with Gasteiger partial charge in [0.2, 0.25) is 0 Å². The molecular formula is C10H12Br2N2S. The van der Waals surface area contributed by atoms with Crippen LogP contribution >= 0.6 is 44.1 Å². The Morgan fingerprint density at radius 2 is 2.00 bits per heavy atom. The van der Waals surface area contributed by atoms with Crippen LogP contribution in [0, 0.1) is 0 Å². The first-order valence-electron chi connectivity index (χ1n) is 4.51. The monoisotopic (exact) mass is 350 g/mol. The van der Waals surface area contributed by atoms with Gasteiger partial charge in [0.25, 0.3) is 0 Å². The van der Waals surface area contributed by atoms with Crippen LogP contribution < -0.4 is 10.6 Å². The van der Waals surface area contributed by atoms with Crippen LogP contribution in [0.3, 0.4) is 0 Å². The summed E-state index contributed by atoms with van der Waals surface area (Å²) in [7, 11) is 0. The highest BCUT2D eigenvalue weighted by atomic mass is 79.9. The lowest BCUT2D eigenvalue weighted by Crippen LogP contribution is -2.33. The summed E-state index contributed by atoms with van der Waals surface area (Å²) in [5.41, 5.74) is 0.947. The van der Waals surface area contributed by atoms with Crippen LogP contribution in [-0.4, -0.2) is 11.2 Å². The average molecular weight is 352 g/mol. The van der Waals surface area contributed by atoms with E-state index in [0.29, 0.717) is 11.2 Å². The predicted octanol–water partition coefficient (Wildman–Crippen LogP) is 3.91. The van der Waals surface area contributed by atoms with E-state index in [1.807, 2.05) is 32.0 Å². The Morgan fingerprint density at radius 3 is 2.60 bits per heavy atom. The van der Waals surface area contributed by atoms with Crippen LogP contribution in [0.5, 0.6) is 0 Å². The normalized spacial score (nSPS) is 10.2. The minimum absolute atomic E-state index is 0.330. The van der Waals surface area contributed by atoms with Crippen LogP contribution in [0.2, 0.25) is 0 Å². The Labute approximate surface area is 112 Å². The second kappa shape index (κ2) is 5.82. The highest BCUT2D eigenvalue weighted by molar-refractivity contribution is 9.11. The highest BCUT2D eigenvalue weighted by Crippen LogP contribution is 2.25. The maximum Gasteiger partial charge on any atom is 0.171 e. The number of nitrogens with one attached hydrogen (secondary N) is 2. The van der Waals surface area contributed by atoms with E-state index in [2.05, 4.69) is 42.5 Å². The maximum atomic E-state index is 5.16. The number of hydrogen-bond donors (Lipinski definition) is 2. The Morgan fingerprint density at radius 1 is 1.33 bits per heavy atom. The molecule has 1 aromatic carbocycles. The van der Waals surface area contributed by atoms with Gasteiger partial charge in [-0.15, -0.1) is 0 Å². The van der Waals surface area contributed by atoms with E-state index in [4.69, 9.17) is 12.2 Å². The SMILES string of the molecule is CC(C)NC(=S)Nc1cc(Br)ccc1Br. The van der Waals surface area contributed by atoms with E-state index < -0.39 is 0 Å². The average Bonchev–Trinajstić information content (AvgIpc) is 2.10. The molecule has 0 aliphatic rings. The van der Waals surface area contributed by atoms with Crippen LogP contribution in [0.15, 0.2) is 27.1 Å². The molecule has 0 saturated heterocycles. The summed E-state index contributed by atoms with van der Waals surface area (Å²) < 4.78 is 2.00. The Kier molecular flexibility index (Phi) is 5.02. The molecule has 0 fully saturated rings. The van der Waals surface area contributed by atoms with Crippen molar-refractivity contribution in [1.82, 2.24) is 5.32 Å². The van der Waals surface area contributed by atoms with Crippen molar-refractivity contribution >= 4 is 54.9 Å². The molecule has 0 heterocycles. The zero-order valence-corrected chi connectivity index (χ0v) is 12.5. The lowest BCUT2D eigenvalue weighted by Gasteiger charge is -2.14. The van der Waals surface area contributed by atoms with Crippen molar-refractivity contribution in [2.45, 2.75) is 19.9 Å². The Bertz CT molecular complexity index is 366. The fourth-order valence-corrected chi connectivity index (χ4v) is 2.07. The Balaban J connectivity index is 2.71. The van der Waals surface area contributed by atoms with Gasteiger partial charge in [-0.2, -0.15) is 0 Å². The van der Waals surface area contributed by atoms with E-state index in [-0.39, 0.29) is 0 Å². The van der Waals surface area contributed by atoms with Gasteiger partial charge in [0.05, 0.1) is 5.69 Å². The molecule has 0 spiro atoms. The number of benzene rings is 1. The molecule has 82 valence electrons. The topological polar surface area (TPSA) is 24.1 Å². The number of halogens is 2. The number of thiocarbonyl (C=S) groups is 1. The van der Waals surface area contributed by atoms with Crippen molar-refractivity contribution < 1.29 is 0 Å². The molecule has 5 heteroatoms. The lowest BCUT2D eigenvalue weighted by molar-refractivity contribution is 0.739. The highest BCUT2D eigenvalue weighted by Gasteiger charge is 2.03. The van der Waals surface area contributed by atoms with Crippen molar-refractivity contribution in [3.63, 3.8) is 0 Å². The summed E-state index contributed by atoms with van der Waals surface area (Å²) in [6.07, 6.45) is 0. The van der Waals surface area contributed by atoms with E-state index >= 15 is 0 Å². The fraction of sp³-hybridized carbons (Fsp3) is 0.300. The first-order valence-corrected chi connectivity index (χ1v) is 6.51. The summed E-state index contributed by atoms with van der Waals surface area (Å²) in [5.74, 6) is 0. The first kappa shape index (κ1) is 12.9. The molecule has 0 aliphatic heterocycles. The van der Waals surface area contributed by atoms with Crippen molar-refractivity contribution in [1.29, 1.82) is 0 Å². The smallest absolute Gasteiger partial charge is 0.171 e. The molecule has 1 rings (SSSR count). The molecule has 0 saturated carbocycles. The van der Waals surface area contributed by atoms with E-state index in [0.717, 1.165) is 14.6 Å². The second-order valence-corrected chi connectivity index (χ2v) is 5.56. The van der Waals surface area contributed by atoms with E-state index in [1.165, 1.54) is 0 Å². The van der Waals surface area contributed by atoms with E-state index in [9.17, 15) is 0 Å². The summed E-state index contributed by atoms with van der Waals surface area (Å²) in [6, 6.07) is 6.23. The standard InChI is InChI=1S/C10H12Br2N2S/c1-6(2)13-10(15)14-9-5-7(11)3-4-8(9)12/h3-6H,1-2H3,(H2,13,14,15). The van der Waals surface area contributed by atoms with Gasteiger partial charge in [-0.3, -0.25) is 0 Å². The molecule has 0 aliphatic carbocycles. The van der Waals surface area contributed by atoms with Gasteiger partial charge < -0.3 is 10.6 Å². The van der Waals surface area contributed by atoms with Crippen molar-refractivity contribution in [3.05, 3.63) is 27.1 Å². The fourth-order valence-electron chi connectivity index (χ4n) is 1.01. The Hall–Kier alpha value is -0.130. The number of anilines is 1. The largest absolute Gasteiger partial charge is 0.360 e. The molecule has 0 atom stereocenters. The third-order valence-corrected chi connectivity index (χ3v) is 3.00.